The van der Waals surface area contributed by atoms with Crippen LogP contribution in [0.4, 0.5) is 0 Å². The molecule has 2 aromatic rings. The molecule has 0 aromatic heterocycles. The van der Waals surface area contributed by atoms with Gasteiger partial charge in [0.25, 0.3) is 0 Å². The van der Waals surface area contributed by atoms with Crippen LogP contribution < -0.4 is 0 Å². The largest absolute Gasteiger partial charge is 0.507 e. The zero-order valence-electron chi connectivity index (χ0n) is 25.9. The van der Waals surface area contributed by atoms with Gasteiger partial charge in [0.15, 0.2) is 0 Å². The number of aryl methyl sites for hydroxylation is 2. The number of hydrogen-bond donors (Lipinski definition) is 4. The maximum absolute atomic E-state index is 13.7. The molecule has 9 nitrogen and oxygen atoms in total. The van der Waals surface area contributed by atoms with Crippen molar-refractivity contribution in [3.05, 3.63) is 75.9 Å². The summed E-state index contributed by atoms with van der Waals surface area (Å²) in [7, 11) is -1.11. The Hall–Kier alpha value is -3.73. The molecule has 2 saturated heterocycles. The fraction of sp³-hybridized carbons (Fsp3) is 0.457. The third-order valence-corrected chi connectivity index (χ3v) is 9.54. The molecule has 45 heavy (non-hydrogen) atoms. The van der Waals surface area contributed by atoms with E-state index in [0.29, 0.717) is 37.7 Å². The lowest BCUT2D eigenvalue weighted by atomic mass is 9.58. The molecule has 0 unspecified atom stereocenters. The number of amides is 2. The SMILES string of the molecule is Cc1cc(/C=C(/CC[C@H]2OB(O)C[C@H]3C2=C(CO)C[C@H]2C(=O)N(CCCCCC(=O)O)C(=O)[C@H]23)c2ccccc2)cc(C)c1O. The van der Waals surface area contributed by atoms with Gasteiger partial charge >= 0.3 is 13.1 Å². The third-order valence-electron chi connectivity index (χ3n) is 9.54. The fourth-order valence-corrected chi connectivity index (χ4v) is 7.43. The Morgan fingerprint density at radius 1 is 1.02 bits per heavy atom. The summed E-state index contributed by atoms with van der Waals surface area (Å²) in [5.74, 6) is -2.71. The normalized spacial score (nSPS) is 23.4. The number of carbonyl (C=O) groups excluding carboxylic acids is 2. The van der Waals surface area contributed by atoms with Gasteiger partial charge in [0.05, 0.1) is 24.5 Å². The van der Waals surface area contributed by atoms with E-state index >= 15 is 0 Å². The molecule has 0 radical (unpaired) electrons. The molecule has 2 aliphatic heterocycles. The molecule has 0 bridgehead atoms. The zero-order valence-corrected chi connectivity index (χ0v) is 25.9. The first-order valence-electron chi connectivity index (χ1n) is 15.9. The van der Waals surface area contributed by atoms with Gasteiger partial charge < -0.3 is 25.0 Å². The number of nitrogens with zero attached hydrogens (tertiary/aromatic N) is 1. The second kappa shape index (κ2) is 14.1. The molecule has 10 heteroatoms. The lowest BCUT2D eigenvalue weighted by Gasteiger charge is -2.43. The van der Waals surface area contributed by atoms with Crippen molar-refractivity contribution in [1.82, 2.24) is 4.90 Å². The highest BCUT2D eigenvalue weighted by atomic mass is 16.5. The number of carboxylic acids is 1. The maximum atomic E-state index is 13.7. The number of aliphatic carboxylic acids is 1. The zero-order chi connectivity index (χ0) is 32.2. The molecule has 0 spiro atoms. The Bertz CT molecular complexity index is 1480. The molecule has 5 rings (SSSR count). The molecule has 2 heterocycles. The minimum atomic E-state index is -1.11. The number of aliphatic hydroxyl groups excluding tert-OH is 1. The van der Waals surface area contributed by atoms with E-state index in [-0.39, 0.29) is 49.9 Å². The summed E-state index contributed by atoms with van der Waals surface area (Å²) in [6.07, 6.45) is 4.76. The highest BCUT2D eigenvalue weighted by molar-refractivity contribution is 6.43. The topological polar surface area (TPSA) is 145 Å². The summed E-state index contributed by atoms with van der Waals surface area (Å²) in [4.78, 5) is 39.3. The lowest BCUT2D eigenvalue weighted by Crippen LogP contribution is -2.46. The van der Waals surface area contributed by atoms with Crippen LogP contribution in [0.2, 0.25) is 6.32 Å². The van der Waals surface area contributed by atoms with E-state index in [0.717, 1.165) is 33.4 Å². The molecule has 1 aliphatic carbocycles. The van der Waals surface area contributed by atoms with Crippen molar-refractivity contribution >= 4 is 36.6 Å². The highest BCUT2D eigenvalue weighted by Gasteiger charge is 2.57. The van der Waals surface area contributed by atoms with Crippen LogP contribution in [0.1, 0.15) is 67.2 Å². The number of aromatic hydroxyl groups is 1. The molecule has 4 N–H and O–H groups in total. The molecule has 4 atom stereocenters. The number of aliphatic hydroxyl groups is 1. The second-order valence-corrected chi connectivity index (χ2v) is 12.6. The summed E-state index contributed by atoms with van der Waals surface area (Å²) in [5.41, 5.74) is 6.14. The quantitative estimate of drug-likeness (QED) is 0.0880. The summed E-state index contributed by atoms with van der Waals surface area (Å²) in [6.45, 7) is 3.72. The maximum Gasteiger partial charge on any atom is 0.455 e. The minimum absolute atomic E-state index is 0.0526. The van der Waals surface area contributed by atoms with Gasteiger partial charge in [-0.25, -0.2) is 0 Å². The fourth-order valence-electron chi connectivity index (χ4n) is 7.43. The number of phenolic OH excluding ortho intramolecular Hbond substituents is 1. The van der Waals surface area contributed by atoms with Crippen LogP contribution >= 0.6 is 0 Å². The lowest BCUT2D eigenvalue weighted by molar-refractivity contribution is -0.141. The predicted molar refractivity (Wildman–Crippen MR) is 171 cm³/mol. The van der Waals surface area contributed by atoms with E-state index in [2.05, 4.69) is 6.08 Å². The van der Waals surface area contributed by atoms with Gasteiger partial charge in [-0.05, 0) is 109 Å². The number of hydrogen-bond acceptors (Lipinski definition) is 7. The Labute approximate surface area is 264 Å². The van der Waals surface area contributed by atoms with E-state index in [1.165, 1.54) is 4.90 Å². The molecule has 3 aliphatic rings. The van der Waals surface area contributed by atoms with Crippen LogP contribution in [-0.4, -0.2) is 69.4 Å². The third kappa shape index (κ3) is 7.08. The van der Waals surface area contributed by atoms with Gasteiger partial charge in [0, 0.05) is 13.0 Å². The van der Waals surface area contributed by atoms with Crippen LogP contribution in [0.3, 0.4) is 0 Å². The molecule has 2 amide bonds. The number of carboxylic acid groups (broad SMARTS) is 1. The number of phenols is 1. The van der Waals surface area contributed by atoms with Crippen molar-refractivity contribution in [2.45, 2.75) is 71.2 Å². The number of fused-ring (bicyclic) bond motifs is 3. The van der Waals surface area contributed by atoms with E-state index in [1.54, 1.807) is 0 Å². The Morgan fingerprint density at radius 3 is 2.40 bits per heavy atom. The van der Waals surface area contributed by atoms with Gasteiger partial charge in [0.1, 0.15) is 5.75 Å². The van der Waals surface area contributed by atoms with Crippen molar-refractivity contribution in [3.8, 4) is 5.75 Å². The van der Waals surface area contributed by atoms with Crippen molar-refractivity contribution in [2.24, 2.45) is 17.8 Å². The van der Waals surface area contributed by atoms with Gasteiger partial charge in [-0.2, -0.15) is 0 Å². The minimum Gasteiger partial charge on any atom is -0.507 e. The average molecular weight is 616 g/mol. The van der Waals surface area contributed by atoms with Crippen molar-refractivity contribution < 1.29 is 39.4 Å². The van der Waals surface area contributed by atoms with Gasteiger partial charge in [-0.15, -0.1) is 0 Å². The molecule has 238 valence electrons. The standard InChI is InChI=1S/C35H42BNO8/c1-21-15-23(16-22(2)33(21)41)17-25(24-9-5-3-6-10-24)12-13-29-31-26(20-38)18-27-32(28(31)19-36(44)45-29)35(43)37(34(27)42)14-8-4-7-11-30(39)40/h3,5-6,9-10,15-17,27-29,32,38,41,44H,4,7-8,11-14,18-20H2,1-2H3,(H,39,40)/b25-17-/t27-,28+,29-,32-/m1/s1. The number of likely N-dealkylation sites (tertiary alicyclic amines) is 1. The number of benzene rings is 2. The first-order chi connectivity index (χ1) is 21.6. The van der Waals surface area contributed by atoms with E-state index in [4.69, 9.17) is 9.76 Å². The first kappa shape index (κ1) is 32.7. The average Bonchev–Trinajstić information content (AvgIpc) is 3.25. The van der Waals surface area contributed by atoms with E-state index in [9.17, 15) is 29.6 Å². The van der Waals surface area contributed by atoms with E-state index in [1.807, 2.05) is 56.3 Å². The van der Waals surface area contributed by atoms with Gasteiger partial charge in [-0.3, -0.25) is 19.3 Å². The Balaban J connectivity index is 1.38. The summed E-state index contributed by atoms with van der Waals surface area (Å²) in [6, 6.07) is 13.9. The summed E-state index contributed by atoms with van der Waals surface area (Å²) < 4.78 is 6.10. The van der Waals surface area contributed by atoms with Crippen molar-refractivity contribution in [3.63, 3.8) is 0 Å². The van der Waals surface area contributed by atoms with Crippen molar-refractivity contribution in [1.29, 1.82) is 0 Å². The van der Waals surface area contributed by atoms with Crippen molar-refractivity contribution in [2.75, 3.05) is 13.2 Å². The predicted octanol–water partition coefficient (Wildman–Crippen LogP) is 4.76. The van der Waals surface area contributed by atoms with Crippen LogP contribution in [0, 0.1) is 31.6 Å². The summed E-state index contributed by atoms with van der Waals surface area (Å²) in [5, 5.41) is 40.5. The molecule has 2 fully saturated rings. The van der Waals surface area contributed by atoms with Gasteiger partial charge in [0.2, 0.25) is 11.8 Å². The van der Waals surface area contributed by atoms with E-state index < -0.39 is 36.9 Å². The first-order valence-corrected chi connectivity index (χ1v) is 15.9. The number of allylic oxidation sites excluding steroid dienone is 1. The number of imide groups is 1. The van der Waals surface area contributed by atoms with Crippen LogP contribution in [0.15, 0.2) is 53.6 Å². The van der Waals surface area contributed by atoms with Crippen LogP contribution in [-0.2, 0) is 19.0 Å². The monoisotopic (exact) mass is 615 g/mol. The Morgan fingerprint density at radius 2 is 1.73 bits per heavy atom. The van der Waals surface area contributed by atoms with Gasteiger partial charge in [-0.1, -0.05) is 42.8 Å². The number of carbonyl (C=O) groups is 3. The molecular weight excluding hydrogens is 573 g/mol. The molecular formula is C35H42BNO8. The highest BCUT2D eigenvalue weighted by Crippen LogP contribution is 2.50. The molecule has 0 saturated carbocycles. The number of rotatable bonds is 12. The van der Waals surface area contributed by atoms with Crippen LogP contribution in [0.25, 0.3) is 11.6 Å². The Kier molecular flexibility index (Phi) is 10.3. The van der Waals surface area contributed by atoms with Crippen LogP contribution in [0.5, 0.6) is 5.75 Å². The number of unbranched alkanes of at least 4 members (excludes halogenated alkanes) is 2. The molecule has 2 aromatic carbocycles. The summed E-state index contributed by atoms with van der Waals surface area (Å²) >= 11 is 0. The second-order valence-electron chi connectivity index (χ2n) is 12.6. The smallest absolute Gasteiger partial charge is 0.455 e.